The van der Waals surface area contributed by atoms with Gasteiger partial charge in [0.2, 0.25) is 5.95 Å². The fourth-order valence-corrected chi connectivity index (χ4v) is 1.10. The molecule has 0 spiro atoms. The molecule has 1 atom stereocenters. The van der Waals surface area contributed by atoms with Crippen molar-refractivity contribution in [3.8, 4) is 0 Å². The summed E-state index contributed by atoms with van der Waals surface area (Å²) >= 11 is 0. The van der Waals surface area contributed by atoms with E-state index in [0.29, 0.717) is 5.56 Å². The molecule has 0 fully saturated rings. The van der Waals surface area contributed by atoms with Crippen molar-refractivity contribution in [1.29, 1.82) is 0 Å². The van der Waals surface area contributed by atoms with Gasteiger partial charge in [0.05, 0.1) is 0 Å². The SMILES string of the molecule is CC(C)(C)[C@H](N)c1cccnc1F.Cl. The average Bonchev–Trinajstić information content (AvgIpc) is 2.02. The first kappa shape index (κ1) is 13.3. The number of rotatable bonds is 1. The third kappa shape index (κ3) is 2.93. The van der Waals surface area contributed by atoms with Crippen molar-refractivity contribution in [3.63, 3.8) is 0 Å². The Hall–Kier alpha value is -0.670. The van der Waals surface area contributed by atoms with Crippen LogP contribution in [0.3, 0.4) is 0 Å². The van der Waals surface area contributed by atoms with Crippen molar-refractivity contribution < 1.29 is 4.39 Å². The lowest BCUT2D eigenvalue weighted by Gasteiger charge is -2.27. The van der Waals surface area contributed by atoms with E-state index in [0.717, 1.165) is 0 Å². The molecule has 2 N–H and O–H groups in total. The Balaban J connectivity index is 0.00000169. The van der Waals surface area contributed by atoms with Crippen LogP contribution < -0.4 is 5.73 Å². The number of hydrogen-bond acceptors (Lipinski definition) is 2. The minimum absolute atomic E-state index is 0. The summed E-state index contributed by atoms with van der Waals surface area (Å²) in [6, 6.07) is 3.06. The third-order valence-electron chi connectivity index (χ3n) is 2.06. The van der Waals surface area contributed by atoms with E-state index in [9.17, 15) is 4.39 Å². The largest absolute Gasteiger partial charge is 0.323 e. The van der Waals surface area contributed by atoms with Gasteiger partial charge in [-0.25, -0.2) is 4.98 Å². The van der Waals surface area contributed by atoms with Crippen molar-refractivity contribution in [2.24, 2.45) is 11.1 Å². The van der Waals surface area contributed by atoms with Gasteiger partial charge < -0.3 is 5.73 Å². The Kier molecular flexibility index (Phi) is 4.49. The molecule has 2 nitrogen and oxygen atoms in total. The lowest BCUT2D eigenvalue weighted by molar-refractivity contribution is 0.317. The molecule has 1 rings (SSSR count). The van der Waals surface area contributed by atoms with Gasteiger partial charge in [-0.15, -0.1) is 12.4 Å². The van der Waals surface area contributed by atoms with E-state index in [1.54, 1.807) is 12.1 Å². The Labute approximate surface area is 90.1 Å². The zero-order chi connectivity index (χ0) is 10.1. The van der Waals surface area contributed by atoms with Crippen molar-refractivity contribution in [2.75, 3.05) is 0 Å². The second kappa shape index (κ2) is 4.71. The van der Waals surface area contributed by atoms with Gasteiger partial charge in [-0.3, -0.25) is 0 Å². The molecule has 80 valence electrons. The summed E-state index contributed by atoms with van der Waals surface area (Å²) < 4.78 is 13.2. The van der Waals surface area contributed by atoms with Crippen LogP contribution in [0.1, 0.15) is 32.4 Å². The number of halogens is 2. The van der Waals surface area contributed by atoms with Crippen LogP contribution in [0.25, 0.3) is 0 Å². The van der Waals surface area contributed by atoms with Crippen molar-refractivity contribution in [3.05, 3.63) is 29.8 Å². The highest BCUT2D eigenvalue weighted by Gasteiger charge is 2.24. The normalized spacial score (nSPS) is 13.2. The fraction of sp³-hybridized carbons (Fsp3) is 0.500. The minimum Gasteiger partial charge on any atom is -0.323 e. The van der Waals surface area contributed by atoms with Crippen LogP contribution >= 0.6 is 12.4 Å². The van der Waals surface area contributed by atoms with Crippen LogP contribution in [-0.4, -0.2) is 4.98 Å². The van der Waals surface area contributed by atoms with Gasteiger partial charge in [-0.1, -0.05) is 26.8 Å². The van der Waals surface area contributed by atoms with Crippen LogP contribution in [0.5, 0.6) is 0 Å². The summed E-state index contributed by atoms with van der Waals surface area (Å²) in [5.74, 6) is -0.468. The minimum atomic E-state index is -0.468. The van der Waals surface area contributed by atoms with Crippen molar-refractivity contribution in [1.82, 2.24) is 4.98 Å². The van der Waals surface area contributed by atoms with Gasteiger partial charge in [0.15, 0.2) is 0 Å². The molecule has 1 aromatic heterocycles. The van der Waals surface area contributed by atoms with Gasteiger partial charge in [-0.2, -0.15) is 4.39 Å². The lowest BCUT2D eigenvalue weighted by Crippen LogP contribution is -2.27. The number of nitrogens with zero attached hydrogens (tertiary/aromatic N) is 1. The highest BCUT2D eigenvalue weighted by molar-refractivity contribution is 5.85. The van der Waals surface area contributed by atoms with Crippen LogP contribution in [0.4, 0.5) is 4.39 Å². The Morgan fingerprint density at radius 2 is 2.00 bits per heavy atom. The van der Waals surface area contributed by atoms with Crippen molar-refractivity contribution in [2.45, 2.75) is 26.8 Å². The standard InChI is InChI=1S/C10H15FN2.ClH/c1-10(2,3)8(12)7-5-4-6-13-9(7)11;/h4-6,8H,12H2,1-3H3;1H/t8-;/m1./s1. The number of aromatic nitrogens is 1. The van der Waals surface area contributed by atoms with Gasteiger partial charge in [0.1, 0.15) is 0 Å². The number of nitrogens with two attached hydrogens (primary N) is 1. The van der Waals surface area contributed by atoms with E-state index in [-0.39, 0.29) is 23.9 Å². The molecule has 14 heavy (non-hydrogen) atoms. The smallest absolute Gasteiger partial charge is 0.217 e. The Morgan fingerprint density at radius 3 is 2.43 bits per heavy atom. The zero-order valence-corrected chi connectivity index (χ0v) is 9.44. The molecule has 4 heteroatoms. The molecule has 0 aliphatic carbocycles. The van der Waals surface area contributed by atoms with Gasteiger partial charge >= 0.3 is 0 Å². The topological polar surface area (TPSA) is 38.9 Å². The summed E-state index contributed by atoms with van der Waals surface area (Å²) in [6.07, 6.45) is 1.42. The third-order valence-corrected chi connectivity index (χ3v) is 2.06. The molecule has 0 aliphatic rings. The number of pyridine rings is 1. The highest BCUT2D eigenvalue weighted by Crippen LogP contribution is 2.30. The second-order valence-electron chi connectivity index (χ2n) is 4.23. The monoisotopic (exact) mass is 218 g/mol. The van der Waals surface area contributed by atoms with E-state index in [2.05, 4.69) is 4.98 Å². The molecule has 1 heterocycles. The summed E-state index contributed by atoms with van der Waals surface area (Å²) in [4.78, 5) is 3.57. The summed E-state index contributed by atoms with van der Waals surface area (Å²) in [6.45, 7) is 5.93. The van der Waals surface area contributed by atoms with Crippen LogP contribution in [0, 0.1) is 11.4 Å². The molecule has 0 aliphatic heterocycles. The molecular formula is C10H16ClFN2. The first-order chi connectivity index (χ1) is 5.93. The molecule has 0 aromatic carbocycles. The average molecular weight is 219 g/mol. The molecule has 0 radical (unpaired) electrons. The first-order valence-corrected chi connectivity index (χ1v) is 4.29. The Bertz CT molecular complexity index is 296. The molecule has 0 bridgehead atoms. The maximum absolute atomic E-state index is 13.2. The zero-order valence-electron chi connectivity index (χ0n) is 8.62. The fourth-order valence-electron chi connectivity index (χ4n) is 1.10. The van der Waals surface area contributed by atoms with Gasteiger partial charge in [-0.05, 0) is 11.5 Å². The number of hydrogen-bond donors (Lipinski definition) is 1. The molecule has 0 amide bonds. The summed E-state index contributed by atoms with van der Waals surface area (Å²) in [5.41, 5.74) is 6.23. The summed E-state index contributed by atoms with van der Waals surface area (Å²) in [7, 11) is 0. The van der Waals surface area contributed by atoms with E-state index in [1.807, 2.05) is 20.8 Å². The molecule has 1 aromatic rings. The molecule has 0 saturated heterocycles. The predicted molar refractivity (Wildman–Crippen MR) is 57.8 cm³/mol. The molecule has 0 saturated carbocycles. The van der Waals surface area contributed by atoms with Gasteiger partial charge in [0, 0.05) is 17.8 Å². The summed E-state index contributed by atoms with van der Waals surface area (Å²) in [5, 5.41) is 0. The van der Waals surface area contributed by atoms with Crippen LogP contribution in [0.15, 0.2) is 18.3 Å². The Morgan fingerprint density at radius 1 is 1.43 bits per heavy atom. The second-order valence-corrected chi connectivity index (χ2v) is 4.23. The van der Waals surface area contributed by atoms with Crippen molar-refractivity contribution >= 4 is 12.4 Å². The van der Waals surface area contributed by atoms with E-state index in [1.165, 1.54) is 6.20 Å². The van der Waals surface area contributed by atoms with Crippen LogP contribution in [0.2, 0.25) is 0 Å². The maximum atomic E-state index is 13.2. The van der Waals surface area contributed by atoms with E-state index < -0.39 is 5.95 Å². The molecular weight excluding hydrogens is 203 g/mol. The van der Waals surface area contributed by atoms with Gasteiger partial charge in [0.25, 0.3) is 0 Å². The van der Waals surface area contributed by atoms with E-state index in [4.69, 9.17) is 5.73 Å². The first-order valence-electron chi connectivity index (χ1n) is 4.29. The highest BCUT2D eigenvalue weighted by atomic mass is 35.5. The van der Waals surface area contributed by atoms with E-state index >= 15 is 0 Å². The lowest BCUT2D eigenvalue weighted by atomic mass is 9.83. The molecule has 0 unspecified atom stereocenters. The van der Waals surface area contributed by atoms with Crippen LogP contribution in [-0.2, 0) is 0 Å². The maximum Gasteiger partial charge on any atom is 0.217 e. The predicted octanol–water partition coefficient (Wildman–Crippen LogP) is 2.69. The quantitative estimate of drug-likeness (QED) is 0.737.